The van der Waals surface area contributed by atoms with E-state index < -0.39 is 11.9 Å². The summed E-state index contributed by atoms with van der Waals surface area (Å²) in [6.45, 7) is 3.57. The Labute approximate surface area is 116 Å². The molecule has 0 aliphatic heterocycles. The number of hydrogen-bond donors (Lipinski definition) is 1. The summed E-state index contributed by atoms with van der Waals surface area (Å²) in [6, 6.07) is 1.15. The first kappa shape index (κ1) is 15.6. The molecule has 0 fully saturated rings. The summed E-state index contributed by atoms with van der Waals surface area (Å²) in [4.78, 5) is 23.6. The van der Waals surface area contributed by atoms with Gasteiger partial charge in [-0.25, -0.2) is 9.59 Å². The quantitative estimate of drug-likeness (QED) is 0.653. The highest BCUT2D eigenvalue weighted by Crippen LogP contribution is 2.36. The van der Waals surface area contributed by atoms with Crippen LogP contribution in [0.4, 0.5) is 0 Å². The molecule has 0 saturated heterocycles. The maximum Gasteiger partial charge on any atom is 0.342 e. The van der Waals surface area contributed by atoms with Crippen molar-refractivity contribution in [1.82, 2.24) is 0 Å². The molecule has 108 valence electrons. The van der Waals surface area contributed by atoms with Crippen molar-refractivity contribution >= 4 is 11.9 Å². The SMILES string of the molecule is C=CCc1c(O)cc(C(=O)OC)c(C(=O)OC)c1OC. The lowest BCUT2D eigenvalue weighted by Crippen LogP contribution is -2.14. The lowest BCUT2D eigenvalue weighted by Gasteiger charge is -2.16. The van der Waals surface area contributed by atoms with Gasteiger partial charge in [-0.05, 0) is 12.5 Å². The third kappa shape index (κ3) is 2.74. The van der Waals surface area contributed by atoms with E-state index in [4.69, 9.17) is 4.74 Å². The minimum absolute atomic E-state index is 0.0668. The molecule has 0 aromatic heterocycles. The Morgan fingerprint density at radius 3 is 2.30 bits per heavy atom. The number of hydrogen-bond acceptors (Lipinski definition) is 6. The second-order valence-electron chi connectivity index (χ2n) is 3.81. The average Bonchev–Trinajstić information content (AvgIpc) is 2.46. The van der Waals surface area contributed by atoms with E-state index in [1.165, 1.54) is 27.4 Å². The first-order valence-electron chi connectivity index (χ1n) is 5.72. The number of carbonyl (C=O) groups is 2. The molecule has 0 radical (unpaired) electrons. The summed E-state index contributed by atoms with van der Waals surface area (Å²) >= 11 is 0. The Kier molecular flexibility index (Phi) is 5.14. The minimum atomic E-state index is -0.774. The average molecular weight is 280 g/mol. The van der Waals surface area contributed by atoms with Crippen molar-refractivity contribution in [1.29, 1.82) is 0 Å². The van der Waals surface area contributed by atoms with Gasteiger partial charge in [0.15, 0.2) is 0 Å². The van der Waals surface area contributed by atoms with Crippen molar-refractivity contribution in [3.05, 3.63) is 35.4 Å². The number of rotatable bonds is 5. The zero-order valence-electron chi connectivity index (χ0n) is 11.6. The van der Waals surface area contributed by atoms with Gasteiger partial charge in [-0.1, -0.05) is 6.08 Å². The van der Waals surface area contributed by atoms with Gasteiger partial charge in [-0.3, -0.25) is 0 Å². The zero-order chi connectivity index (χ0) is 15.3. The van der Waals surface area contributed by atoms with Gasteiger partial charge in [0.2, 0.25) is 0 Å². The molecule has 6 heteroatoms. The number of benzene rings is 1. The molecule has 0 saturated carbocycles. The molecular weight excluding hydrogens is 264 g/mol. The number of esters is 2. The van der Waals surface area contributed by atoms with Crippen molar-refractivity contribution in [3.63, 3.8) is 0 Å². The molecule has 1 N–H and O–H groups in total. The predicted octanol–water partition coefficient (Wildman–Crippen LogP) is 1.70. The van der Waals surface area contributed by atoms with Gasteiger partial charge in [0.05, 0.1) is 26.9 Å². The Bertz CT molecular complexity index is 547. The van der Waals surface area contributed by atoms with E-state index in [2.05, 4.69) is 16.1 Å². The second kappa shape index (κ2) is 6.60. The van der Waals surface area contributed by atoms with Crippen LogP contribution in [-0.4, -0.2) is 38.4 Å². The van der Waals surface area contributed by atoms with Crippen molar-refractivity contribution < 1.29 is 28.9 Å². The van der Waals surface area contributed by atoms with Crippen LogP contribution < -0.4 is 4.74 Å². The summed E-state index contributed by atoms with van der Waals surface area (Å²) in [6.07, 6.45) is 1.80. The highest BCUT2D eigenvalue weighted by Gasteiger charge is 2.27. The molecular formula is C14H16O6. The fraction of sp³-hybridized carbons (Fsp3) is 0.286. The van der Waals surface area contributed by atoms with Gasteiger partial charge in [0.1, 0.15) is 17.1 Å². The van der Waals surface area contributed by atoms with Crippen LogP contribution in [0.1, 0.15) is 26.3 Å². The van der Waals surface area contributed by atoms with E-state index >= 15 is 0 Å². The van der Waals surface area contributed by atoms with Gasteiger partial charge in [0.25, 0.3) is 0 Å². The Hall–Kier alpha value is -2.50. The molecule has 20 heavy (non-hydrogen) atoms. The number of methoxy groups -OCH3 is 3. The van der Waals surface area contributed by atoms with Crippen LogP contribution >= 0.6 is 0 Å². The highest BCUT2D eigenvalue weighted by molar-refractivity contribution is 6.06. The first-order chi connectivity index (χ1) is 9.51. The van der Waals surface area contributed by atoms with Crippen molar-refractivity contribution in [2.45, 2.75) is 6.42 Å². The topological polar surface area (TPSA) is 82.1 Å². The summed E-state index contributed by atoms with van der Waals surface area (Å²) in [7, 11) is 3.68. The second-order valence-corrected chi connectivity index (χ2v) is 3.81. The van der Waals surface area contributed by atoms with Crippen LogP contribution in [0.3, 0.4) is 0 Å². The fourth-order valence-corrected chi connectivity index (χ4v) is 1.83. The Morgan fingerprint density at radius 1 is 1.25 bits per heavy atom. The lowest BCUT2D eigenvalue weighted by atomic mass is 9.98. The van der Waals surface area contributed by atoms with Crippen LogP contribution in [0.25, 0.3) is 0 Å². The van der Waals surface area contributed by atoms with Crippen LogP contribution in [0.2, 0.25) is 0 Å². The molecule has 0 spiro atoms. The van der Waals surface area contributed by atoms with Gasteiger partial charge < -0.3 is 19.3 Å². The summed E-state index contributed by atoms with van der Waals surface area (Å²) in [5, 5.41) is 9.97. The molecule has 0 amide bonds. The zero-order valence-corrected chi connectivity index (χ0v) is 11.6. The predicted molar refractivity (Wildman–Crippen MR) is 71.2 cm³/mol. The van der Waals surface area contributed by atoms with Crippen molar-refractivity contribution in [3.8, 4) is 11.5 Å². The smallest absolute Gasteiger partial charge is 0.342 e. The van der Waals surface area contributed by atoms with Gasteiger partial charge >= 0.3 is 11.9 Å². The molecule has 0 bridgehead atoms. The Balaban J connectivity index is 3.70. The van der Waals surface area contributed by atoms with E-state index in [1.807, 2.05) is 0 Å². The van der Waals surface area contributed by atoms with Crippen molar-refractivity contribution in [2.24, 2.45) is 0 Å². The van der Waals surface area contributed by atoms with Gasteiger partial charge in [0, 0.05) is 5.56 Å². The first-order valence-corrected chi connectivity index (χ1v) is 5.72. The van der Waals surface area contributed by atoms with Gasteiger partial charge in [-0.15, -0.1) is 6.58 Å². The number of aromatic hydroxyl groups is 1. The maximum absolute atomic E-state index is 11.9. The number of ether oxygens (including phenoxy) is 3. The van der Waals surface area contributed by atoms with Crippen molar-refractivity contribution in [2.75, 3.05) is 21.3 Å². The monoisotopic (exact) mass is 280 g/mol. The summed E-state index contributed by atoms with van der Waals surface area (Å²) < 4.78 is 14.4. The number of carbonyl (C=O) groups excluding carboxylic acids is 2. The van der Waals surface area contributed by atoms with Gasteiger partial charge in [-0.2, -0.15) is 0 Å². The third-order valence-corrected chi connectivity index (χ3v) is 2.71. The normalized spacial score (nSPS) is 9.75. The van der Waals surface area contributed by atoms with E-state index in [0.29, 0.717) is 5.56 Å². The number of phenolic OH excluding ortho intramolecular Hbond substituents is 1. The van der Waals surface area contributed by atoms with Crippen LogP contribution in [-0.2, 0) is 15.9 Å². The van der Waals surface area contributed by atoms with E-state index in [9.17, 15) is 14.7 Å². The number of allylic oxidation sites excluding steroid dienone is 1. The molecule has 0 aliphatic carbocycles. The van der Waals surface area contributed by atoms with Crippen LogP contribution in [0.5, 0.6) is 11.5 Å². The molecule has 6 nitrogen and oxygen atoms in total. The standard InChI is InChI=1S/C14H16O6/c1-5-6-8-10(15)7-9(13(16)19-3)11(12(8)18-2)14(17)20-4/h5,7,15H,1,6H2,2-4H3. The molecule has 1 rings (SSSR count). The molecule has 1 aromatic carbocycles. The molecule has 0 atom stereocenters. The summed E-state index contributed by atoms with van der Waals surface area (Å²) in [5.41, 5.74) is 0.133. The largest absolute Gasteiger partial charge is 0.507 e. The van der Waals surface area contributed by atoms with Crippen LogP contribution in [0, 0.1) is 0 Å². The number of phenols is 1. The Morgan fingerprint density at radius 2 is 1.85 bits per heavy atom. The third-order valence-electron chi connectivity index (χ3n) is 2.71. The van der Waals surface area contributed by atoms with E-state index in [0.717, 1.165) is 6.07 Å². The fourth-order valence-electron chi connectivity index (χ4n) is 1.83. The maximum atomic E-state index is 11.9. The van der Waals surface area contributed by atoms with E-state index in [1.54, 1.807) is 0 Å². The summed E-state index contributed by atoms with van der Waals surface area (Å²) in [5.74, 6) is -1.65. The molecule has 0 unspecified atom stereocenters. The molecule has 0 aliphatic rings. The van der Waals surface area contributed by atoms with E-state index in [-0.39, 0.29) is 29.0 Å². The lowest BCUT2D eigenvalue weighted by molar-refractivity contribution is 0.0551. The molecule has 0 heterocycles. The minimum Gasteiger partial charge on any atom is -0.507 e. The van der Waals surface area contributed by atoms with Crippen LogP contribution in [0.15, 0.2) is 18.7 Å². The highest BCUT2D eigenvalue weighted by atomic mass is 16.5. The molecule has 1 aromatic rings.